The van der Waals surface area contributed by atoms with Crippen molar-refractivity contribution in [3.05, 3.63) is 45.8 Å². The highest BCUT2D eigenvalue weighted by Crippen LogP contribution is 2.34. The molecule has 2 aromatic carbocycles. The third-order valence-electron chi connectivity index (χ3n) is 4.25. The highest BCUT2D eigenvalue weighted by atomic mass is 35.5. The second-order valence-corrected chi connectivity index (χ2v) is 7.93. The first-order valence-corrected chi connectivity index (χ1v) is 9.65. The fraction of sp³-hybridized carbons (Fsp3) is 0.235. The molecule has 10 heteroatoms. The number of nitrogens with zero attached hydrogens (tertiary/aromatic N) is 2. The summed E-state index contributed by atoms with van der Waals surface area (Å²) in [5, 5.41) is 0.254. The lowest BCUT2D eigenvalue weighted by Crippen LogP contribution is -2.19. The molecular weight excluding hydrogens is 394 g/mol. The topological polar surface area (TPSA) is 91.6 Å². The molecule has 1 heterocycles. The second kappa shape index (κ2) is 6.82. The van der Waals surface area contributed by atoms with Crippen LogP contribution in [0.2, 0.25) is 5.02 Å². The quantitative estimate of drug-likeness (QED) is 0.695. The number of benzene rings is 2. The van der Waals surface area contributed by atoms with Crippen LogP contribution in [0.3, 0.4) is 0 Å². The SMILES string of the molecule is COc1cc2c(cc1NS(=O)(=O)c1cc(Cl)ccc1OC)n(C)c(=O)n2C. The van der Waals surface area contributed by atoms with E-state index in [0.29, 0.717) is 11.0 Å². The van der Waals surface area contributed by atoms with Gasteiger partial charge in [0.2, 0.25) is 0 Å². The maximum Gasteiger partial charge on any atom is 0.328 e. The summed E-state index contributed by atoms with van der Waals surface area (Å²) in [6.45, 7) is 0. The van der Waals surface area contributed by atoms with Crippen LogP contribution in [0.25, 0.3) is 11.0 Å². The minimum atomic E-state index is -4.03. The Labute approximate surface area is 160 Å². The number of hydrogen-bond donors (Lipinski definition) is 1. The number of nitrogens with one attached hydrogen (secondary N) is 1. The van der Waals surface area contributed by atoms with Crippen molar-refractivity contribution in [2.75, 3.05) is 18.9 Å². The maximum absolute atomic E-state index is 12.9. The highest BCUT2D eigenvalue weighted by molar-refractivity contribution is 7.92. The molecular formula is C17H18ClN3O5S. The number of halogens is 1. The van der Waals surface area contributed by atoms with Gasteiger partial charge in [-0.25, -0.2) is 13.2 Å². The van der Waals surface area contributed by atoms with E-state index in [1.807, 2.05) is 0 Å². The standard InChI is InChI=1S/C17H18ClN3O5S/c1-20-12-8-11(15(26-4)9-13(12)21(2)17(20)22)19-27(23,24)16-7-10(18)5-6-14(16)25-3/h5-9,19H,1-4H3. The minimum absolute atomic E-state index is 0.110. The third kappa shape index (κ3) is 3.24. The summed E-state index contributed by atoms with van der Waals surface area (Å²) < 4.78 is 41.6. The van der Waals surface area contributed by atoms with Crippen molar-refractivity contribution in [1.29, 1.82) is 0 Å². The van der Waals surface area contributed by atoms with Crippen LogP contribution in [0, 0.1) is 0 Å². The van der Waals surface area contributed by atoms with Gasteiger partial charge in [-0.15, -0.1) is 0 Å². The molecule has 3 aromatic rings. The molecule has 0 atom stereocenters. The molecule has 0 saturated carbocycles. The largest absolute Gasteiger partial charge is 0.495 e. The van der Waals surface area contributed by atoms with Gasteiger partial charge in [-0.1, -0.05) is 11.6 Å². The summed E-state index contributed by atoms with van der Waals surface area (Å²) >= 11 is 5.95. The average Bonchev–Trinajstić information content (AvgIpc) is 2.84. The Morgan fingerprint density at radius 1 is 0.963 bits per heavy atom. The van der Waals surface area contributed by atoms with Crippen molar-refractivity contribution in [3.8, 4) is 11.5 Å². The minimum Gasteiger partial charge on any atom is -0.495 e. The third-order valence-corrected chi connectivity index (χ3v) is 5.87. The average molecular weight is 412 g/mol. The van der Waals surface area contributed by atoms with Gasteiger partial charge in [0.15, 0.2) is 0 Å². The van der Waals surface area contributed by atoms with Gasteiger partial charge in [-0.05, 0) is 24.3 Å². The zero-order valence-electron chi connectivity index (χ0n) is 15.1. The van der Waals surface area contributed by atoms with E-state index in [0.717, 1.165) is 0 Å². The van der Waals surface area contributed by atoms with Crippen molar-refractivity contribution >= 4 is 38.3 Å². The van der Waals surface area contributed by atoms with Crippen LogP contribution in [-0.4, -0.2) is 31.8 Å². The number of imidazole rings is 1. The van der Waals surface area contributed by atoms with Gasteiger partial charge in [0.25, 0.3) is 10.0 Å². The fourth-order valence-corrected chi connectivity index (χ4v) is 4.33. The summed E-state index contributed by atoms with van der Waals surface area (Å²) in [6, 6.07) is 7.45. The molecule has 1 aromatic heterocycles. The lowest BCUT2D eigenvalue weighted by molar-refractivity contribution is 0.403. The molecule has 0 saturated heterocycles. The molecule has 0 bridgehead atoms. The van der Waals surface area contributed by atoms with Crippen LogP contribution in [0.4, 0.5) is 5.69 Å². The zero-order valence-corrected chi connectivity index (χ0v) is 16.7. The zero-order chi connectivity index (χ0) is 19.9. The van der Waals surface area contributed by atoms with Crippen LogP contribution in [0.1, 0.15) is 0 Å². The van der Waals surface area contributed by atoms with Crippen molar-refractivity contribution in [2.24, 2.45) is 14.1 Å². The fourth-order valence-electron chi connectivity index (χ4n) is 2.83. The molecule has 0 aliphatic rings. The lowest BCUT2D eigenvalue weighted by atomic mass is 10.2. The number of aryl methyl sites for hydroxylation is 2. The first-order chi connectivity index (χ1) is 12.7. The van der Waals surface area contributed by atoms with Gasteiger partial charge >= 0.3 is 5.69 Å². The summed E-state index contributed by atoms with van der Waals surface area (Å²) in [5.74, 6) is 0.423. The number of aromatic nitrogens is 2. The van der Waals surface area contributed by atoms with Crippen LogP contribution in [0.5, 0.6) is 11.5 Å². The van der Waals surface area contributed by atoms with Crippen molar-refractivity contribution in [1.82, 2.24) is 9.13 Å². The first kappa shape index (κ1) is 19.1. The predicted octanol–water partition coefficient (Wildman–Crippen LogP) is 2.35. The Hall–Kier alpha value is -2.65. The van der Waals surface area contributed by atoms with E-state index < -0.39 is 10.0 Å². The molecule has 0 radical (unpaired) electrons. The normalized spacial score (nSPS) is 11.6. The van der Waals surface area contributed by atoms with Crippen LogP contribution in [0.15, 0.2) is 40.0 Å². The van der Waals surface area contributed by atoms with E-state index in [1.54, 1.807) is 26.2 Å². The smallest absolute Gasteiger partial charge is 0.328 e. The molecule has 3 rings (SSSR count). The molecule has 144 valence electrons. The second-order valence-electron chi connectivity index (χ2n) is 5.84. The van der Waals surface area contributed by atoms with E-state index in [1.165, 1.54) is 41.6 Å². The number of sulfonamides is 1. The van der Waals surface area contributed by atoms with E-state index in [4.69, 9.17) is 21.1 Å². The lowest BCUT2D eigenvalue weighted by Gasteiger charge is -2.14. The Balaban J connectivity index is 2.17. The number of hydrogen-bond acceptors (Lipinski definition) is 5. The van der Waals surface area contributed by atoms with Crippen LogP contribution >= 0.6 is 11.6 Å². The van der Waals surface area contributed by atoms with Gasteiger partial charge < -0.3 is 9.47 Å². The van der Waals surface area contributed by atoms with Crippen LogP contribution in [-0.2, 0) is 24.1 Å². The van der Waals surface area contributed by atoms with Gasteiger partial charge in [0.05, 0.1) is 30.9 Å². The molecule has 0 aliphatic heterocycles. The maximum atomic E-state index is 12.9. The molecule has 8 nitrogen and oxygen atoms in total. The number of rotatable bonds is 5. The van der Waals surface area contributed by atoms with E-state index in [9.17, 15) is 13.2 Å². The van der Waals surface area contributed by atoms with Gasteiger partial charge in [-0.3, -0.25) is 13.9 Å². The Bertz CT molecular complexity index is 1200. The van der Waals surface area contributed by atoms with Gasteiger partial charge in [0.1, 0.15) is 16.4 Å². The highest BCUT2D eigenvalue weighted by Gasteiger charge is 2.23. The monoisotopic (exact) mass is 411 g/mol. The number of fused-ring (bicyclic) bond motifs is 1. The van der Waals surface area contributed by atoms with Gasteiger partial charge in [0, 0.05) is 25.2 Å². The Morgan fingerprint density at radius 3 is 2.15 bits per heavy atom. The van der Waals surface area contributed by atoms with Crippen molar-refractivity contribution in [3.63, 3.8) is 0 Å². The van der Waals surface area contributed by atoms with E-state index in [-0.39, 0.29) is 32.8 Å². The summed E-state index contributed by atoms with van der Waals surface area (Å²) in [7, 11) is 1.99. The molecule has 0 fully saturated rings. The van der Waals surface area contributed by atoms with Crippen molar-refractivity contribution in [2.45, 2.75) is 4.90 Å². The summed E-state index contributed by atoms with van der Waals surface area (Å²) in [6.07, 6.45) is 0. The Kier molecular flexibility index (Phi) is 4.83. The molecule has 0 unspecified atom stereocenters. The molecule has 0 spiro atoms. The number of ether oxygens (including phenoxy) is 2. The molecule has 0 aliphatic carbocycles. The predicted molar refractivity (Wildman–Crippen MR) is 104 cm³/mol. The Morgan fingerprint density at radius 2 is 1.56 bits per heavy atom. The van der Waals surface area contributed by atoms with E-state index in [2.05, 4.69) is 4.72 Å². The molecule has 27 heavy (non-hydrogen) atoms. The number of anilines is 1. The summed E-state index contributed by atoms with van der Waals surface area (Å²) in [5.41, 5.74) is 1.12. The molecule has 0 amide bonds. The van der Waals surface area contributed by atoms with Gasteiger partial charge in [-0.2, -0.15) is 0 Å². The van der Waals surface area contributed by atoms with Crippen molar-refractivity contribution < 1.29 is 17.9 Å². The summed E-state index contributed by atoms with van der Waals surface area (Å²) in [4.78, 5) is 12.0. The molecule has 1 N–H and O–H groups in total. The van der Waals surface area contributed by atoms with E-state index >= 15 is 0 Å². The number of methoxy groups -OCH3 is 2. The first-order valence-electron chi connectivity index (χ1n) is 7.79. The van der Waals surface area contributed by atoms with Crippen LogP contribution < -0.4 is 19.9 Å².